The van der Waals surface area contributed by atoms with Gasteiger partial charge in [0.2, 0.25) is 11.9 Å². The quantitative estimate of drug-likeness (QED) is 0.788. The van der Waals surface area contributed by atoms with E-state index in [2.05, 4.69) is 15.4 Å². The first-order valence-electron chi connectivity index (χ1n) is 6.60. The summed E-state index contributed by atoms with van der Waals surface area (Å²) in [5, 5.41) is 17.0. The van der Waals surface area contributed by atoms with Crippen molar-refractivity contribution < 1.29 is 9.90 Å². The molecule has 1 aliphatic rings. The van der Waals surface area contributed by atoms with Gasteiger partial charge in [0.15, 0.2) is 5.82 Å². The highest BCUT2D eigenvalue weighted by atomic mass is 35.5. The van der Waals surface area contributed by atoms with E-state index in [1.54, 1.807) is 35.9 Å². The molecule has 0 bridgehead atoms. The van der Waals surface area contributed by atoms with Gasteiger partial charge in [0, 0.05) is 10.7 Å². The highest BCUT2D eigenvalue weighted by Crippen LogP contribution is 2.35. The molecule has 0 aliphatic carbocycles. The minimum Gasteiger partial charge on any atom is -0.388 e. The van der Waals surface area contributed by atoms with E-state index in [-0.39, 0.29) is 12.4 Å². The number of nitrogens with two attached hydrogens (primary N) is 1. The number of nitrogens with one attached hydrogen (secondary N) is 1. The van der Waals surface area contributed by atoms with Crippen molar-refractivity contribution in [1.29, 1.82) is 0 Å². The lowest BCUT2D eigenvalue weighted by molar-refractivity contribution is -0.115. The molecule has 4 N–H and O–H groups in total. The lowest BCUT2D eigenvalue weighted by Gasteiger charge is -2.27. The Morgan fingerprint density at radius 2 is 2.14 bits per heavy atom. The van der Waals surface area contributed by atoms with Crippen molar-refractivity contribution in [2.24, 2.45) is 5.73 Å². The Morgan fingerprint density at radius 1 is 1.45 bits per heavy atom. The summed E-state index contributed by atoms with van der Waals surface area (Å²) in [4.78, 5) is 16.1. The van der Waals surface area contributed by atoms with Crippen LogP contribution in [0.4, 0.5) is 5.95 Å². The third-order valence-corrected chi connectivity index (χ3v) is 3.74. The highest BCUT2D eigenvalue weighted by Gasteiger charge is 2.33. The molecule has 0 fully saturated rings. The first-order valence-corrected chi connectivity index (χ1v) is 6.98. The van der Waals surface area contributed by atoms with Crippen LogP contribution < -0.4 is 11.1 Å². The maximum absolute atomic E-state index is 11.9. The van der Waals surface area contributed by atoms with Crippen LogP contribution in [0.1, 0.15) is 24.4 Å². The minimum absolute atomic E-state index is 0.264. The van der Waals surface area contributed by atoms with Crippen LogP contribution in [0.3, 0.4) is 0 Å². The minimum atomic E-state index is -0.545. The van der Waals surface area contributed by atoms with E-state index in [1.165, 1.54) is 0 Å². The summed E-state index contributed by atoms with van der Waals surface area (Å²) >= 11 is 5.92. The Morgan fingerprint density at radius 3 is 2.73 bits per heavy atom. The second kappa shape index (κ2) is 5.43. The molecule has 1 unspecified atom stereocenters. The molecular weight excluding hydrogens is 306 g/mol. The van der Waals surface area contributed by atoms with Gasteiger partial charge in [-0.3, -0.25) is 4.79 Å². The normalized spacial score (nSPS) is 17.1. The summed E-state index contributed by atoms with van der Waals surface area (Å²) in [6.07, 6.45) is 0. The molecule has 0 spiro atoms. The molecule has 114 valence electrons. The van der Waals surface area contributed by atoms with Crippen molar-refractivity contribution in [3.63, 3.8) is 0 Å². The van der Waals surface area contributed by atoms with Crippen molar-refractivity contribution in [2.45, 2.75) is 19.6 Å². The zero-order chi connectivity index (χ0) is 15.9. The molecule has 1 atom stereocenters. The molecule has 1 aromatic carbocycles. The third kappa shape index (κ3) is 2.34. The molecule has 7 nitrogen and oxygen atoms in total. The number of nitrogens with zero attached hydrogens (tertiary/aromatic N) is 3. The summed E-state index contributed by atoms with van der Waals surface area (Å²) in [5.74, 6) is 0.170. The van der Waals surface area contributed by atoms with Gasteiger partial charge < -0.3 is 16.2 Å². The maximum Gasteiger partial charge on any atom is 0.248 e. The molecule has 0 saturated heterocycles. The number of carbonyl (C=O) groups excluding carboxylic acids is 1. The van der Waals surface area contributed by atoms with Crippen molar-refractivity contribution in [2.75, 3.05) is 5.32 Å². The monoisotopic (exact) mass is 319 g/mol. The number of rotatable bonds is 3. The fourth-order valence-corrected chi connectivity index (χ4v) is 2.66. The standard InChI is InChI=1S/C14H14ClN5O2/c1-7-11(13(16)22)12(8-2-4-9(15)5-3-8)20-14(17-7)18-10(6-21)19-20/h2-5,12,21H,6H2,1H3,(H2,16,22)(H,17,18,19). The topological polar surface area (TPSA) is 106 Å². The Hall–Kier alpha value is -2.38. The van der Waals surface area contributed by atoms with E-state index >= 15 is 0 Å². The van der Waals surface area contributed by atoms with Gasteiger partial charge in [-0.25, -0.2) is 4.68 Å². The number of aliphatic hydroxyl groups is 1. The van der Waals surface area contributed by atoms with Crippen LogP contribution in [0.2, 0.25) is 5.02 Å². The molecule has 2 aromatic rings. The fourth-order valence-electron chi connectivity index (χ4n) is 2.53. The predicted octanol–water partition coefficient (Wildman–Crippen LogP) is 1.20. The summed E-state index contributed by atoms with van der Waals surface area (Å²) in [6.45, 7) is 1.46. The van der Waals surface area contributed by atoms with E-state index in [0.29, 0.717) is 22.2 Å². The number of allylic oxidation sites excluding steroid dienone is 1. The van der Waals surface area contributed by atoms with Crippen molar-refractivity contribution in [3.05, 3.63) is 51.9 Å². The highest BCUT2D eigenvalue weighted by molar-refractivity contribution is 6.30. The van der Waals surface area contributed by atoms with E-state index in [4.69, 9.17) is 17.3 Å². The zero-order valence-electron chi connectivity index (χ0n) is 11.7. The Kier molecular flexibility index (Phi) is 3.59. The molecule has 0 radical (unpaired) electrons. The van der Waals surface area contributed by atoms with Gasteiger partial charge in [0.25, 0.3) is 0 Å². The lowest BCUT2D eigenvalue weighted by atomic mass is 9.95. The molecule has 2 heterocycles. The average Bonchev–Trinajstić information content (AvgIpc) is 2.89. The average molecular weight is 320 g/mol. The number of halogens is 1. The van der Waals surface area contributed by atoms with E-state index in [1.807, 2.05) is 0 Å². The SMILES string of the molecule is CC1=C(C(N)=O)C(c2ccc(Cl)cc2)n2nc(CO)nc2N1. The van der Waals surface area contributed by atoms with Gasteiger partial charge in [0.1, 0.15) is 12.6 Å². The van der Waals surface area contributed by atoms with Gasteiger partial charge >= 0.3 is 0 Å². The molecule has 22 heavy (non-hydrogen) atoms. The van der Waals surface area contributed by atoms with Crippen LogP contribution in [-0.4, -0.2) is 25.8 Å². The molecule has 3 rings (SSSR count). The first kappa shape index (κ1) is 14.6. The van der Waals surface area contributed by atoms with Crippen LogP contribution in [0.5, 0.6) is 0 Å². The molecule has 0 saturated carbocycles. The number of anilines is 1. The Balaban J connectivity index is 2.19. The number of amides is 1. The van der Waals surface area contributed by atoms with E-state index < -0.39 is 11.9 Å². The summed E-state index contributed by atoms with van der Waals surface area (Å²) < 4.78 is 1.54. The van der Waals surface area contributed by atoms with Crippen LogP contribution in [0.15, 0.2) is 35.5 Å². The summed E-state index contributed by atoms with van der Waals surface area (Å²) in [7, 11) is 0. The number of fused-ring (bicyclic) bond motifs is 1. The van der Waals surface area contributed by atoms with Crippen LogP contribution in [0, 0.1) is 0 Å². The van der Waals surface area contributed by atoms with Gasteiger partial charge in [-0.15, -0.1) is 0 Å². The fraction of sp³-hybridized carbons (Fsp3) is 0.214. The van der Waals surface area contributed by atoms with Gasteiger partial charge in [-0.1, -0.05) is 23.7 Å². The van der Waals surface area contributed by atoms with E-state index in [0.717, 1.165) is 5.56 Å². The van der Waals surface area contributed by atoms with E-state index in [9.17, 15) is 9.90 Å². The van der Waals surface area contributed by atoms with Gasteiger partial charge in [-0.2, -0.15) is 10.1 Å². The Bertz CT molecular complexity index is 766. The number of hydrogen-bond donors (Lipinski definition) is 3. The zero-order valence-corrected chi connectivity index (χ0v) is 12.5. The second-order valence-corrected chi connectivity index (χ2v) is 5.37. The van der Waals surface area contributed by atoms with Gasteiger partial charge in [0.05, 0.1) is 5.57 Å². The van der Waals surface area contributed by atoms with Crippen molar-refractivity contribution >= 4 is 23.5 Å². The smallest absolute Gasteiger partial charge is 0.248 e. The van der Waals surface area contributed by atoms with Gasteiger partial charge in [-0.05, 0) is 24.6 Å². The number of aromatic nitrogens is 3. The molecule has 1 aromatic heterocycles. The molecule has 1 amide bonds. The Labute approximate surface area is 131 Å². The number of aliphatic hydroxyl groups excluding tert-OH is 1. The summed E-state index contributed by atoms with van der Waals surface area (Å²) in [5.41, 5.74) is 7.34. The number of carbonyl (C=O) groups is 1. The molecule has 1 aliphatic heterocycles. The number of hydrogen-bond acceptors (Lipinski definition) is 5. The van der Waals surface area contributed by atoms with Crippen molar-refractivity contribution in [3.8, 4) is 0 Å². The van der Waals surface area contributed by atoms with Crippen LogP contribution in [0.25, 0.3) is 0 Å². The number of benzene rings is 1. The summed E-state index contributed by atoms with van der Waals surface area (Å²) in [6, 6.07) is 6.56. The van der Waals surface area contributed by atoms with Crippen molar-refractivity contribution in [1.82, 2.24) is 14.8 Å². The number of primary amides is 1. The lowest BCUT2D eigenvalue weighted by Crippen LogP contribution is -2.31. The molecular formula is C14H14ClN5O2. The van der Waals surface area contributed by atoms with Crippen LogP contribution in [-0.2, 0) is 11.4 Å². The van der Waals surface area contributed by atoms with Crippen LogP contribution >= 0.6 is 11.6 Å². The predicted molar refractivity (Wildman–Crippen MR) is 81.1 cm³/mol. The molecule has 8 heteroatoms. The maximum atomic E-state index is 11.9. The largest absolute Gasteiger partial charge is 0.388 e. The first-order chi connectivity index (χ1) is 10.5. The second-order valence-electron chi connectivity index (χ2n) is 4.94. The third-order valence-electron chi connectivity index (χ3n) is 3.49.